The summed E-state index contributed by atoms with van der Waals surface area (Å²) >= 11 is 4.46. The van der Waals surface area contributed by atoms with E-state index in [0.29, 0.717) is 0 Å². The van der Waals surface area contributed by atoms with Gasteiger partial charge in [0, 0.05) is 0 Å². The second-order valence-corrected chi connectivity index (χ2v) is 9.42. The molecule has 1 aliphatic rings. The van der Waals surface area contributed by atoms with Crippen molar-refractivity contribution in [3.63, 3.8) is 0 Å². The Morgan fingerprint density at radius 1 is 1.30 bits per heavy atom. The van der Waals surface area contributed by atoms with Crippen molar-refractivity contribution in [2.45, 2.75) is 6.92 Å². The van der Waals surface area contributed by atoms with Crippen LogP contribution in [0.1, 0.15) is 6.92 Å². The van der Waals surface area contributed by atoms with Gasteiger partial charge in [-0.05, 0) is 0 Å². The Hall–Kier alpha value is -1.68. The van der Waals surface area contributed by atoms with Gasteiger partial charge in [-0.2, -0.15) is 0 Å². The second kappa shape index (κ2) is 7.26. The number of hydrogen-bond donors (Lipinski definition) is 1. The van der Waals surface area contributed by atoms with Gasteiger partial charge in [0.1, 0.15) is 0 Å². The fourth-order valence-electron chi connectivity index (χ4n) is 2.58. The van der Waals surface area contributed by atoms with E-state index in [9.17, 15) is 0 Å². The van der Waals surface area contributed by atoms with Crippen molar-refractivity contribution >= 4 is 51.4 Å². The number of hydrogen-bond acceptors (Lipinski definition) is 3. The van der Waals surface area contributed by atoms with Crippen LogP contribution >= 0.6 is 12.2 Å². The standard InChI is InChI=1S/C18H20N2OSSe/c1-3-20-13-23(17-10-9-15(21-2)11-16(17)20)12-18(22)19-14-7-5-4-6-8-14/h4-12H,3,13H2,1-2H3,(H,19,22). The molecule has 3 rings (SSSR count). The van der Waals surface area contributed by atoms with Crippen LogP contribution in [0.4, 0.5) is 11.4 Å². The molecule has 5 heteroatoms. The van der Waals surface area contributed by atoms with Gasteiger partial charge in [0.25, 0.3) is 0 Å². The number of benzene rings is 2. The Morgan fingerprint density at radius 3 is 2.78 bits per heavy atom. The third-order valence-electron chi connectivity index (χ3n) is 3.76. The van der Waals surface area contributed by atoms with Crippen LogP contribution in [0.2, 0.25) is 0 Å². The first kappa shape index (κ1) is 16.2. The maximum absolute atomic E-state index is 5.55. The number of methoxy groups -OCH3 is 1. The van der Waals surface area contributed by atoms with Gasteiger partial charge in [-0.3, -0.25) is 0 Å². The summed E-state index contributed by atoms with van der Waals surface area (Å²) in [6, 6.07) is 16.5. The molecule has 0 aromatic heterocycles. The van der Waals surface area contributed by atoms with Gasteiger partial charge in [-0.15, -0.1) is 0 Å². The van der Waals surface area contributed by atoms with E-state index < -0.39 is 13.5 Å². The molecule has 0 saturated heterocycles. The number of rotatable bonds is 4. The third kappa shape index (κ3) is 3.63. The Balaban J connectivity index is 1.85. The summed E-state index contributed by atoms with van der Waals surface area (Å²) in [7, 11) is 1.71. The quantitative estimate of drug-likeness (QED) is 0.640. The molecule has 0 amide bonds. The Labute approximate surface area is 146 Å². The predicted molar refractivity (Wildman–Crippen MR) is 105 cm³/mol. The van der Waals surface area contributed by atoms with Crippen molar-refractivity contribution in [1.29, 1.82) is 0 Å². The summed E-state index contributed by atoms with van der Waals surface area (Å²) < 4.78 is 6.80. The summed E-state index contributed by atoms with van der Waals surface area (Å²) in [5.41, 5.74) is 3.42. The number of nitrogens with zero attached hydrogens (tertiary/aromatic N) is 1. The molecule has 1 aliphatic heterocycles. The first-order valence-electron chi connectivity index (χ1n) is 7.55. The van der Waals surface area contributed by atoms with Crippen molar-refractivity contribution in [3.05, 3.63) is 48.5 Å². The normalized spacial score (nSPS) is 16.3. The van der Waals surface area contributed by atoms with E-state index in [-0.39, 0.29) is 0 Å². The molecule has 2 aromatic carbocycles. The Bertz CT molecular complexity index is 746. The molecule has 2 aromatic rings. The molecule has 1 N–H and O–H groups in total. The SMILES string of the molecule is CCN1C[Se](=CC(=S)Nc2ccccc2)c2ccc(OC)cc21. The van der Waals surface area contributed by atoms with E-state index >= 15 is 0 Å². The van der Waals surface area contributed by atoms with Crippen LogP contribution < -0.4 is 19.4 Å². The number of anilines is 2. The van der Waals surface area contributed by atoms with Crippen LogP contribution in [-0.2, 0) is 0 Å². The van der Waals surface area contributed by atoms with Gasteiger partial charge in [-0.1, -0.05) is 0 Å². The van der Waals surface area contributed by atoms with Gasteiger partial charge in [0.2, 0.25) is 0 Å². The van der Waals surface area contributed by atoms with Crippen LogP contribution in [0.3, 0.4) is 0 Å². The van der Waals surface area contributed by atoms with E-state index in [1.807, 2.05) is 30.3 Å². The third-order valence-corrected chi connectivity index (χ3v) is 8.55. The van der Waals surface area contributed by atoms with E-state index in [0.717, 1.165) is 28.4 Å². The summed E-state index contributed by atoms with van der Waals surface area (Å²) in [6.45, 7) is 3.20. The molecule has 23 heavy (non-hydrogen) atoms. The number of nitrogens with one attached hydrogen (secondary N) is 1. The van der Waals surface area contributed by atoms with Gasteiger partial charge < -0.3 is 0 Å². The van der Waals surface area contributed by atoms with E-state index in [1.165, 1.54) is 10.1 Å². The summed E-state index contributed by atoms with van der Waals surface area (Å²) in [4.78, 5) is 5.51. The second-order valence-electron chi connectivity index (χ2n) is 5.22. The number of para-hydroxylation sites is 1. The Morgan fingerprint density at radius 2 is 2.09 bits per heavy atom. The molecular formula is C18H20N2OSSe. The average molecular weight is 391 g/mol. The van der Waals surface area contributed by atoms with Crippen LogP contribution in [0, 0.1) is 0 Å². The molecular weight excluding hydrogens is 371 g/mol. The number of fused-ring (bicyclic) bond motifs is 1. The molecule has 1 heterocycles. The van der Waals surface area contributed by atoms with E-state index in [4.69, 9.17) is 17.0 Å². The fourth-order valence-corrected chi connectivity index (χ4v) is 7.53. The van der Waals surface area contributed by atoms with Crippen molar-refractivity contribution in [3.8, 4) is 5.75 Å². The number of thiocarbonyl (C=S) groups is 1. The predicted octanol–water partition coefficient (Wildman–Crippen LogP) is 2.60. The topological polar surface area (TPSA) is 24.5 Å². The van der Waals surface area contributed by atoms with Gasteiger partial charge >= 0.3 is 147 Å². The average Bonchev–Trinajstić information content (AvgIpc) is 2.92. The minimum atomic E-state index is -1.09. The van der Waals surface area contributed by atoms with Crippen LogP contribution in [-0.4, -0.2) is 42.5 Å². The molecule has 0 saturated carbocycles. The molecule has 0 radical (unpaired) electrons. The zero-order valence-corrected chi connectivity index (χ0v) is 15.8. The van der Waals surface area contributed by atoms with Crippen LogP contribution in [0.5, 0.6) is 5.75 Å². The molecule has 1 unspecified atom stereocenters. The molecule has 0 bridgehead atoms. The molecule has 0 aliphatic carbocycles. The van der Waals surface area contributed by atoms with Crippen molar-refractivity contribution < 1.29 is 4.74 Å². The minimum absolute atomic E-state index is 0.820. The molecule has 3 nitrogen and oxygen atoms in total. The zero-order valence-electron chi connectivity index (χ0n) is 13.3. The zero-order chi connectivity index (χ0) is 16.2. The molecule has 1 atom stereocenters. The van der Waals surface area contributed by atoms with Crippen LogP contribution in [0.25, 0.3) is 0 Å². The van der Waals surface area contributed by atoms with Gasteiger partial charge in [-0.25, -0.2) is 0 Å². The molecule has 0 spiro atoms. The van der Waals surface area contributed by atoms with Crippen molar-refractivity contribution in [1.82, 2.24) is 0 Å². The molecule has 120 valence electrons. The summed E-state index contributed by atoms with van der Waals surface area (Å²) in [5.74, 6) is 0.916. The van der Waals surface area contributed by atoms with Crippen molar-refractivity contribution in [2.75, 3.05) is 29.3 Å². The Kier molecular flexibility index (Phi) is 5.11. The fraction of sp³-hybridized carbons (Fsp3) is 0.222. The van der Waals surface area contributed by atoms with Crippen molar-refractivity contribution in [2.24, 2.45) is 0 Å². The number of ether oxygens (including phenoxy) is 1. The molecule has 0 fully saturated rings. The van der Waals surface area contributed by atoms with E-state index in [2.05, 4.69) is 40.3 Å². The first-order valence-corrected chi connectivity index (χ1v) is 11.0. The van der Waals surface area contributed by atoms with Crippen LogP contribution in [0.15, 0.2) is 48.5 Å². The monoisotopic (exact) mass is 392 g/mol. The summed E-state index contributed by atoms with van der Waals surface area (Å²) in [6.07, 6.45) is 0. The maximum atomic E-state index is 5.55. The summed E-state index contributed by atoms with van der Waals surface area (Å²) in [5, 5.41) is 3.32. The van der Waals surface area contributed by atoms with Gasteiger partial charge in [0.05, 0.1) is 0 Å². The van der Waals surface area contributed by atoms with E-state index in [1.54, 1.807) is 7.11 Å². The van der Waals surface area contributed by atoms with Gasteiger partial charge in [0.15, 0.2) is 0 Å². The first-order chi connectivity index (χ1) is 11.2.